The van der Waals surface area contributed by atoms with Crippen LogP contribution in [0.3, 0.4) is 0 Å². The summed E-state index contributed by atoms with van der Waals surface area (Å²) < 4.78 is 12.7. The van der Waals surface area contributed by atoms with Crippen LogP contribution < -0.4 is 0 Å². The number of carbonyl (C=O) groups excluding carboxylic acids is 2. The van der Waals surface area contributed by atoms with Crippen molar-refractivity contribution in [2.45, 2.75) is 63.4 Å². The first kappa shape index (κ1) is 21.4. The van der Waals surface area contributed by atoms with E-state index >= 15 is 0 Å². The van der Waals surface area contributed by atoms with Crippen molar-refractivity contribution in [2.24, 2.45) is 0 Å². The van der Waals surface area contributed by atoms with E-state index in [4.69, 9.17) is 9.15 Å². The van der Waals surface area contributed by atoms with Gasteiger partial charge in [0.25, 0.3) is 0 Å². The van der Waals surface area contributed by atoms with Crippen LogP contribution in [0, 0.1) is 13.8 Å². The van der Waals surface area contributed by atoms with Crippen molar-refractivity contribution in [3.63, 3.8) is 0 Å². The second kappa shape index (κ2) is 8.74. The van der Waals surface area contributed by atoms with E-state index in [-0.39, 0.29) is 12.4 Å². The van der Waals surface area contributed by atoms with Crippen LogP contribution in [-0.2, 0) is 11.3 Å². The molecule has 1 saturated carbocycles. The van der Waals surface area contributed by atoms with E-state index in [0.29, 0.717) is 40.1 Å². The molecule has 31 heavy (non-hydrogen) atoms. The molecule has 8 nitrogen and oxygen atoms in total. The molecule has 3 aromatic rings. The minimum atomic E-state index is -0.418. The molecule has 164 valence electrons. The van der Waals surface area contributed by atoms with Crippen LogP contribution >= 0.6 is 11.8 Å². The van der Waals surface area contributed by atoms with Gasteiger partial charge in [0.1, 0.15) is 11.6 Å². The summed E-state index contributed by atoms with van der Waals surface area (Å²) in [6.07, 6.45) is 3.85. The van der Waals surface area contributed by atoms with Gasteiger partial charge in [-0.25, -0.2) is 4.79 Å². The summed E-state index contributed by atoms with van der Waals surface area (Å²) in [6.45, 7) is 7.96. The van der Waals surface area contributed by atoms with Crippen LogP contribution in [0.15, 0.2) is 28.0 Å². The van der Waals surface area contributed by atoms with E-state index < -0.39 is 11.2 Å². The second-order valence-corrected chi connectivity index (χ2v) is 9.06. The number of Topliss-reactive ketones (excluding diaryl/α,β-unsaturated/α-hetero) is 1. The summed E-state index contributed by atoms with van der Waals surface area (Å²) in [4.78, 5) is 28.6. The van der Waals surface area contributed by atoms with E-state index in [1.807, 2.05) is 23.6 Å². The molecule has 3 heterocycles. The summed E-state index contributed by atoms with van der Waals surface area (Å²) in [6, 6.07) is 3.77. The first-order valence-electron chi connectivity index (χ1n) is 10.4. The molecule has 0 bridgehead atoms. The number of esters is 1. The van der Waals surface area contributed by atoms with Crippen LogP contribution in [0.1, 0.15) is 76.3 Å². The quantitative estimate of drug-likeness (QED) is 0.300. The Morgan fingerprint density at radius 1 is 1.35 bits per heavy atom. The monoisotopic (exact) mass is 442 g/mol. The third-order valence-electron chi connectivity index (χ3n) is 5.40. The molecular weight excluding hydrogens is 416 g/mol. The molecule has 0 aliphatic heterocycles. The lowest BCUT2D eigenvalue weighted by Gasteiger charge is -2.12. The number of furan rings is 1. The second-order valence-electron chi connectivity index (χ2n) is 7.75. The van der Waals surface area contributed by atoms with E-state index in [0.717, 1.165) is 24.4 Å². The van der Waals surface area contributed by atoms with Gasteiger partial charge < -0.3 is 14.1 Å². The van der Waals surface area contributed by atoms with Crippen LogP contribution in [0.2, 0.25) is 0 Å². The van der Waals surface area contributed by atoms with E-state index in [9.17, 15) is 9.59 Å². The Bertz CT molecular complexity index is 1100. The zero-order chi connectivity index (χ0) is 22.1. The smallest absolute Gasteiger partial charge is 0.340 e. The molecule has 4 rings (SSSR count). The molecule has 0 spiro atoms. The lowest BCUT2D eigenvalue weighted by atomic mass is 10.1. The van der Waals surface area contributed by atoms with Gasteiger partial charge in [0.05, 0.1) is 35.9 Å². The molecule has 1 fully saturated rings. The molecule has 3 aromatic heterocycles. The summed E-state index contributed by atoms with van der Waals surface area (Å²) in [5.74, 6) is 1.66. The van der Waals surface area contributed by atoms with Gasteiger partial charge in [-0.15, -0.1) is 10.2 Å². The standard InChI is InChI=1S/C22H26N4O4S/c1-5-29-21(28)17-12(2)18(23-13(17)3)19(27)14(4)31-22-25-24-20(15-8-9-15)26(22)11-16-7-6-10-30-16/h6-7,10,14-15,23H,5,8-9,11H2,1-4H3. The van der Waals surface area contributed by atoms with Crippen LogP contribution in [0.4, 0.5) is 0 Å². The number of aryl methyl sites for hydroxylation is 1. The average Bonchev–Trinajstić information content (AvgIpc) is 3.16. The van der Waals surface area contributed by atoms with Gasteiger partial charge >= 0.3 is 5.97 Å². The Labute approximate surface area is 184 Å². The summed E-state index contributed by atoms with van der Waals surface area (Å²) in [5.41, 5.74) is 2.11. The van der Waals surface area contributed by atoms with Crippen molar-refractivity contribution in [2.75, 3.05) is 6.61 Å². The summed E-state index contributed by atoms with van der Waals surface area (Å²) in [7, 11) is 0. The zero-order valence-electron chi connectivity index (χ0n) is 18.1. The Hall–Kier alpha value is -2.81. The molecule has 0 amide bonds. The Morgan fingerprint density at radius 2 is 2.13 bits per heavy atom. The van der Waals surface area contributed by atoms with Crippen LogP contribution in [-0.4, -0.2) is 43.4 Å². The van der Waals surface area contributed by atoms with Crippen molar-refractivity contribution >= 4 is 23.5 Å². The molecule has 0 radical (unpaired) electrons. The van der Waals surface area contributed by atoms with E-state index in [2.05, 4.69) is 15.2 Å². The highest BCUT2D eigenvalue weighted by Crippen LogP contribution is 2.40. The van der Waals surface area contributed by atoms with Crippen LogP contribution in [0.5, 0.6) is 0 Å². The van der Waals surface area contributed by atoms with Gasteiger partial charge in [0.15, 0.2) is 10.9 Å². The van der Waals surface area contributed by atoms with E-state index in [1.54, 1.807) is 27.0 Å². The predicted octanol–water partition coefficient (Wildman–Crippen LogP) is 4.28. The molecule has 1 atom stereocenters. The van der Waals surface area contributed by atoms with Gasteiger partial charge in [-0.3, -0.25) is 9.36 Å². The van der Waals surface area contributed by atoms with Gasteiger partial charge in [0.2, 0.25) is 0 Å². The highest BCUT2D eigenvalue weighted by molar-refractivity contribution is 8.00. The lowest BCUT2D eigenvalue weighted by Crippen LogP contribution is -2.17. The number of carbonyl (C=O) groups is 2. The maximum Gasteiger partial charge on any atom is 0.340 e. The van der Waals surface area contributed by atoms with E-state index in [1.165, 1.54) is 11.8 Å². The number of ether oxygens (including phenoxy) is 1. The van der Waals surface area contributed by atoms with Gasteiger partial charge in [-0.05, 0) is 58.2 Å². The molecule has 9 heteroatoms. The fourth-order valence-corrected chi connectivity index (χ4v) is 4.57. The topological polar surface area (TPSA) is 103 Å². The van der Waals surface area contributed by atoms with Crippen LogP contribution in [0.25, 0.3) is 0 Å². The first-order chi connectivity index (χ1) is 14.9. The Kier molecular flexibility index (Phi) is 6.04. The van der Waals surface area contributed by atoms with Gasteiger partial charge in [-0.2, -0.15) is 0 Å². The van der Waals surface area contributed by atoms with Crippen molar-refractivity contribution in [3.8, 4) is 0 Å². The maximum atomic E-state index is 13.2. The first-order valence-corrected chi connectivity index (χ1v) is 11.3. The highest BCUT2D eigenvalue weighted by Gasteiger charge is 2.32. The average molecular weight is 443 g/mol. The number of H-pyrrole nitrogens is 1. The lowest BCUT2D eigenvalue weighted by molar-refractivity contribution is 0.0525. The SMILES string of the molecule is CCOC(=O)c1c(C)[nH]c(C(=O)C(C)Sc2nnc(C3CC3)n2Cc2ccco2)c1C. The number of nitrogens with zero attached hydrogens (tertiary/aromatic N) is 3. The number of hydrogen-bond donors (Lipinski definition) is 1. The normalized spacial score (nSPS) is 14.6. The molecule has 0 saturated heterocycles. The minimum absolute atomic E-state index is 0.0957. The van der Waals surface area contributed by atoms with Crippen molar-refractivity contribution in [1.29, 1.82) is 0 Å². The third kappa shape index (κ3) is 4.32. The molecule has 0 aromatic carbocycles. The molecule has 1 aliphatic carbocycles. The van der Waals surface area contributed by atoms with Gasteiger partial charge in [-0.1, -0.05) is 11.8 Å². The Morgan fingerprint density at radius 3 is 2.77 bits per heavy atom. The summed E-state index contributed by atoms with van der Waals surface area (Å²) >= 11 is 1.37. The molecule has 1 N–H and O–H groups in total. The number of aromatic amines is 1. The number of nitrogens with one attached hydrogen (secondary N) is 1. The number of aromatic nitrogens is 4. The highest BCUT2D eigenvalue weighted by atomic mass is 32.2. The predicted molar refractivity (Wildman–Crippen MR) is 116 cm³/mol. The third-order valence-corrected chi connectivity index (χ3v) is 6.48. The number of rotatable bonds is 9. The van der Waals surface area contributed by atoms with Gasteiger partial charge in [0, 0.05) is 11.6 Å². The number of ketones is 1. The maximum absolute atomic E-state index is 13.2. The number of hydrogen-bond acceptors (Lipinski definition) is 7. The fourth-order valence-electron chi connectivity index (χ4n) is 3.66. The molecule has 1 aliphatic rings. The summed E-state index contributed by atoms with van der Waals surface area (Å²) in [5, 5.41) is 9.03. The minimum Gasteiger partial charge on any atom is -0.467 e. The van der Waals surface area contributed by atoms with Crippen molar-refractivity contribution in [1.82, 2.24) is 19.7 Å². The molecular formula is C22H26N4O4S. The number of thioether (sulfide) groups is 1. The van der Waals surface area contributed by atoms with Crippen molar-refractivity contribution in [3.05, 3.63) is 52.5 Å². The largest absolute Gasteiger partial charge is 0.467 e. The zero-order valence-corrected chi connectivity index (χ0v) is 18.9. The molecule has 1 unspecified atom stereocenters. The van der Waals surface area contributed by atoms with Crippen molar-refractivity contribution < 1.29 is 18.7 Å². The Balaban J connectivity index is 1.56. The fraction of sp³-hybridized carbons (Fsp3) is 0.455.